The Morgan fingerprint density at radius 2 is 2.20 bits per heavy atom. The first-order chi connectivity index (χ1) is 9.11. The van der Waals surface area contributed by atoms with E-state index in [4.69, 9.17) is 17.3 Å². The minimum atomic E-state index is -0.0858. The van der Waals surface area contributed by atoms with E-state index >= 15 is 0 Å². The van der Waals surface area contributed by atoms with Gasteiger partial charge in [-0.05, 0) is 32.0 Å². The van der Waals surface area contributed by atoms with Gasteiger partial charge in [0.2, 0.25) is 0 Å². The molecule has 0 aliphatic carbocycles. The Labute approximate surface area is 136 Å². The molecule has 2 rings (SSSR count). The summed E-state index contributed by atoms with van der Waals surface area (Å²) in [6, 6.07) is 3.75. The van der Waals surface area contributed by atoms with Crippen LogP contribution in [0.3, 0.4) is 0 Å². The van der Waals surface area contributed by atoms with Gasteiger partial charge >= 0.3 is 0 Å². The maximum Gasteiger partial charge on any atom is 0.263 e. The van der Waals surface area contributed by atoms with Gasteiger partial charge in [0.25, 0.3) is 5.91 Å². The molecule has 8 heteroatoms. The van der Waals surface area contributed by atoms with Crippen molar-refractivity contribution in [3.8, 4) is 9.88 Å². The topological polar surface area (TPSA) is 68.0 Å². The first-order valence-electron chi connectivity index (χ1n) is 5.83. The average molecular weight is 352 g/mol. The summed E-state index contributed by atoms with van der Waals surface area (Å²) >= 11 is 8.76. The van der Waals surface area contributed by atoms with E-state index in [0.29, 0.717) is 18.0 Å². The fraction of sp³-hybridized carbons (Fsp3) is 0.333. The molecule has 0 spiro atoms. The molecule has 2 aromatic rings. The number of amides is 1. The van der Waals surface area contributed by atoms with Crippen molar-refractivity contribution >= 4 is 52.6 Å². The number of hydrogen-bond donors (Lipinski definition) is 2. The van der Waals surface area contributed by atoms with Crippen LogP contribution in [0.4, 0.5) is 0 Å². The first-order valence-corrected chi connectivity index (χ1v) is 7.84. The second-order valence-corrected chi connectivity index (χ2v) is 6.65. The molecule has 4 nitrogen and oxygen atoms in total. The number of carbonyl (C=O) groups excluding carboxylic acids is 1. The summed E-state index contributed by atoms with van der Waals surface area (Å²) in [5.74, 6) is -0.0858. The predicted octanol–water partition coefficient (Wildman–Crippen LogP) is 3.33. The molecule has 0 fully saturated rings. The molecule has 0 saturated carbocycles. The summed E-state index contributed by atoms with van der Waals surface area (Å²) in [7, 11) is 0. The number of nitrogens with two attached hydrogens (primary N) is 1. The molecule has 0 bridgehead atoms. The Balaban J connectivity index is 0.00000200. The average Bonchev–Trinajstić information content (AvgIpc) is 2.95. The molecule has 0 aliphatic rings. The Hall–Kier alpha value is -0.660. The molecule has 0 radical (unpaired) electrons. The van der Waals surface area contributed by atoms with Crippen LogP contribution in [0.2, 0.25) is 4.34 Å². The SMILES string of the molecule is Cc1nc(-c2ccc(Cl)s2)sc1C(=O)NCCCN.Cl. The Kier molecular flexibility index (Phi) is 6.91. The van der Waals surface area contributed by atoms with Crippen molar-refractivity contribution in [3.05, 3.63) is 27.0 Å². The van der Waals surface area contributed by atoms with E-state index in [1.807, 2.05) is 19.1 Å². The highest BCUT2D eigenvalue weighted by Gasteiger charge is 2.16. The smallest absolute Gasteiger partial charge is 0.263 e. The van der Waals surface area contributed by atoms with Crippen LogP contribution < -0.4 is 11.1 Å². The second-order valence-electron chi connectivity index (χ2n) is 3.94. The third kappa shape index (κ3) is 4.17. The van der Waals surface area contributed by atoms with Crippen molar-refractivity contribution in [2.24, 2.45) is 5.73 Å². The standard InChI is InChI=1S/C12H14ClN3OS2.ClH/c1-7-10(11(17)15-6-2-5-14)19-12(16-7)8-3-4-9(13)18-8;/h3-4H,2,5-6,14H2,1H3,(H,15,17);1H. The van der Waals surface area contributed by atoms with E-state index in [0.717, 1.165) is 26.3 Å². The molecule has 20 heavy (non-hydrogen) atoms. The van der Waals surface area contributed by atoms with Crippen molar-refractivity contribution in [2.45, 2.75) is 13.3 Å². The summed E-state index contributed by atoms with van der Waals surface area (Å²) < 4.78 is 0.719. The molecule has 2 aromatic heterocycles. The number of nitrogens with one attached hydrogen (secondary N) is 1. The molecule has 0 aromatic carbocycles. The van der Waals surface area contributed by atoms with Crippen LogP contribution in [0, 0.1) is 6.92 Å². The van der Waals surface area contributed by atoms with E-state index in [2.05, 4.69) is 10.3 Å². The van der Waals surface area contributed by atoms with E-state index in [1.54, 1.807) is 0 Å². The first kappa shape index (κ1) is 17.4. The molecular weight excluding hydrogens is 337 g/mol. The summed E-state index contributed by atoms with van der Waals surface area (Å²) in [5.41, 5.74) is 6.14. The van der Waals surface area contributed by atoms with Crippen molar-refractivity contribution in [3.63, 3.8) is 0 Å². The van der Waals surface area contributed by atoms with Crippen LogP contribution >= 0.6 is 46.7 Å². The lowest BCUT2D eigenvalue weighted by atomic mass is 10.3. The van der Waals surface area contributed by atoms with Crippen LogP contribution in [0.5, 0.6) is 0 Å². The molecule has 1 amide bonds. The van der Waals surface area contributed by atoms with Gasteiger partial charge in [-0.3, -0.25) is 4.79 Å². The summed E-state index contributed by atoms with van der Waals surface area (Å²) in [5, 5.41) is 3.67. The zero-order chi connectivity index (χ0) is 13.8. The number of carbonyl (C=O) groups is 1. The Morgan fingerprint density at radius 3 is 2.80 bits per heavy atom. The maximum atomic E-state index is 12.0. The summed E-state index contributed by atoms with van der Waals surface area (Å²) in [6.45, 7) is 3.00. The molecule has 3 N–H and O–H groups in total. The third-order valence-corrected chi connectivity index (χ3v) is 5.01. The number of thiazole rings is 1. The summed E-state index contributed by atoms with van der Waals surface area (Å²) in [6.07, 6.45) is 0.775. The highest BCUT2D eigenvalue weighted by Crippen LogP contribution is 2.34. The monoisotopic (exact) mass is 351 g/mol. The fourth-order valence-electron chi connectivity index (χ4n) is 1.53. The number of thiophene rings is 1. The van der Waals surface area contributed by atoms with E-state index in [9.17, 15) is 4.79 Å². The van der Waals surface area contributed by atoms with E-state index < -0.39 is 0 Å². The molecule has 0 saturated heterocycles. The third-order valence-electron chi connectivity index (χ3n) is 2.45. The van der Waals surface area contributed by atoms with Gasteiger partial charge in [0.1, 0.15) is 9.88 Å². The Bertz CT molecular complexity index is 583. The van der Waals surface area contributed by atoms with Crippen molar-refractivity contribution in [1.29, 1.82) is 0 Å². The number of nitrogens with zero attached hydrogens (tertiary/aromatic N) is 1. The van der Waals surface area contributed by atoms with Crippen LogP contribution in [0.15, 0.2) is 12.1 Å². The fourth-order valence-corrected chi connectivity index (χ4v) is 3.61. The van der Waals surface area contributed by atoms with Gasteiger partial charge in [0.15, 0.2) is 0 Å². The molecule has 0 unspecified atom stereocenters. The normalized spacial score (nSPS) is 10.2. The van der Waals surface area contributed by atoms with E-state index in [-0.39, 0.29) is 18.3 Å². The minimum Gasteiger partial charge on any atom is -0.351 e. The van der Waals surface area contributed by atoms with Gasteiger partial charge in [0, 0.05) is 6.54 Å². The van der Waals surface area contributed by atoms with Crippen molar-refractivity contribution in [2.75, 3.05) is 13.1 Å². The largest absolute Gasteiger partial charge is 0.351 e. The lowest BCUT2D eigenvalue weighted by Crippen LogP contribution is -2.25. The maximum absolute atomic E-state index is 12.0. The van der Waals surface area contributed by atoms with Gasteiger partial charge in [-0.2, -0.15) is 0 Å². The van der Waals surface area contributed by atoms with Gasteiger partial charge in [0.05, 0.1) is 14.9 Å². The van der Waals surface area contributed by atoms with Crippen molar-refractivity contribution in [1.82, 2.24) is 10.3 Å². The lowest BCUT2D eigenvalue weighted by Gasteiger charge is -2.01. The van der Waals surface area contributed by atoms with Crippen LogP contribution in [-0.4, -0.2) is 24.0 Å². The number of rotatable bonds is 5. The van der Waals surface area contributed by atoms with Crippen LogP contribution in [0.1, 0.15) is 21.8 Å². The number of aromatic nitrogens is 1. The zero-order valence-corrected chi connectivity index (χ0v) is 14.0. The molecule has 2 heterocycles. The highest BCUT2D eigenvalue weighted by molar-refractivity contribution is 7.24. The van der Waals surface area contributed by atoms with Crippen LogP contribution in [0.25, 0.3) is 9.88 Å². The number of hydrogen-bond acceptors (Lipinski definition) is 5. The van der Waals surface area contributed by atoms with Crippen molar-refractivity contribution < 1.29 is 4.79 Å². The molecule has 0 aliphatic heterocycles. The number of aryl methyl sites for hydroxylation is 1. The number of halogens is 2. The molecular formula is C12H15Cl2N3OS2. The van der Waals surface area contributed by atoms with Gasteiger partial charge in [-0.1, -0.05) is 11.6 Å². The highest BCUT2D eigenvalue weighted by atomic mass is 35.5. The van der Waals surface area contributed by atoms with Gasteiger partial charge < -0.3 is 11.1 Å². The van der Waals surface area contributed by atoms with Gasteiger partial charge in [-0.15, -0.1) is 35.1 Å². The second kappa shape index (κ2) is 7.95. The Morgan fingerprint density at radius 1 is 1.45 bits per heavy atom. The molecule has 110 valence electrons. The van der Waals surface area contributed by atoms with E-state index in [1.165, 1.54) is 22.7 Å². The minimum absolute atomic E-state index is 0. The summed E-state index contributed by atoms with van der Waals surface area (Å²) in [4.78, 5) is 18.0. The lowest BCUT2D eigenvalue weighted by molar-refractivity contribution is 0.0957. The predicted molar refractivity (Wildman–Crippen MR) is 88.4 cm³/mol. The zero-order valence-electron chi connectivity index (χ0n) is 10.8. The van der Waals surface area contributed by atoms with Gasteiger partial charge in [-0.25, -0.2) is 4.98 Å². The quantitative estimate of drug-likeness (QED) is 0.811. The molecule has 0 atom stereocenters. The van der Waals surface area contributed by atoms with Crippen LogP contribution in [-0.2, 0) is 0 Å².